The Kier molecular flexibility index (Phi) is 4.15. The number of imidazole rings is 1. The number of aromatic nitrogens is 2. The van der Waals surface area contributed by atoms with E-state index in [2.05, 4.69) is 4.98 Å². The van der Waals surface area contributed by atoms with Crippen LogP contribution in [0.1, 0.15) is 25.1 Å². The minimum absolute atomic E-state index is 0.108. The molecule has 20 heavy (non-hydrogen) atoms. The Bertz CT molecular complexity index is 623. The summed E-state index contributed by atoms with van der Waals surface area (Å²) in [6.07, 6.45) is 3.42. The average Bonchev–Trinajstić information content (AvgIpc) is 3.05. The zero-order valence-corrected chi connectivity index (χ0v) is 12.4. The third-order valence-corrected chi connectivity index (χ3v) is 4.22. The highest BCUT2D eigenvalue weighted by Crippen LogP contribution is 2.26. The molecule has 1 aliphatic rings. The first-order valence-electron chi connectivity index (χ1n) is 6.71. The summed E-state index contributed by atoms with van der Waals surface area (Å²) in [5.41, 5.74) is 1.42. The summed E-state index contributed by atoms with van der Waals surface area (Å²) in [6.45, 7) is 1.60. The predicted octanol–water partition coefficient (Wildman–Crippen LogP) is 4.14. The Morgan fingerprint density at radius 2 is 2.30 bits per heavy atom. The minimum Gasteiger partial charge on any atom is -0.378 e. The zero-order chi connectivity index (χ0) is 14.1. The predicted molar refractivity (Wildman–Crippen MR) is 77.8 cm³/mol. The van der Waals surface area contributed by atoms with Gasteiger partial charge in [0.1, 0.15) is 11.6 Å². The molecule has 1 aromatic heterocycles. The van der Waals surface area contributed by atoms with Gasteiger partial charge in [0.15, 0.2) is 0 Å². The van der Waals surface area contributed by atoms with Crippen LogP contribution in [-0.4, -0.2) is 22.3 Å². The Labute approximate surface area is 126 Å². The monoisotopic (exact) mass is 316 g/mol. The van der Waals surface area contributed by atoms with Gasteiger partial charge in [-0.15, -0.1) is 11.6 Å². The van der Waals surface area contributed by atoms with Gasteiger partial charge >= 0.3 is 0 Å². The molecule has 1 atom stereocenters. The molecule has 2 heterocycles. The van der Waals surface area contributed by atoms with Gasteiger partial charge in [-0.2, -0.15) is 0 Å². The normalized spacial score (nSPS) is 19.1. The molecule has 1 aliphatic heterocycles. The molecular formula is C14H15Cl2FN2O. The minimum atomic E-state index is -0.455. The number of alkyl halides is 1. The number of nitrogens with zero attached hydrogens (tertiary/aromatic N) is 2. The molecule has 6 heteroatoms. The number of benzene rings is 1. The van der Waals surface area contributed by atoms with Gasteiger partial charge in [0.25, 0.3) is 0 Å². The topological polar surface area (TPSA) is 27.1 Å². The number of aryl methyl sites for hydroxylation is 1. The lowest BCUT2D eigenvalue weighted by Crippen LogP contribution is -2.11. The smallest absolute Gasteiger partial charge is 0.144 e. The van der Waals surface area contributed by atoms with Crippen LogP contribution in [0, 0.1) is 5.82 Å². The fourth-order valence-corrected chi connectivity index (χ4v) is 3.03. The van der Waals surface area contributed by atoms with Crippen molar-refractivity contribution in [1.29, 1.82) is 0 Å². The van der Waals surface area contributed by atoms with Gasteiger partial charge in [-0.1, -0.05) is 11.6 Å². The molecule has 0 aliphatic carbocycles. The fraction of sp³-hybridized carbons (Fsp3) is 0.500. The maximum absolute atomic E-state index is 13.5. The van der Waals surface area contributed by atoms with Gasteiger partial charge < -0.3 is 9.30 Å². The number of halogens is 3. The number of ether oxygens (including phenoxy) is 1. The second-order valence-electron chi connectivity index (χ2n) is 4.99. The summed E-state index contributed by atoms with van der Waals surface area (Å²) in [7, 11) is 0. The fourth-order valence-electron chi connectivity index (χ4n) is 2.67. The van der Waals surface area contributed by atoms with E-state index in [1.54, 1.807) is 6.07 Å². The largest absolute Gasteiger partial charge is 0.378 e. The molecule has 0 amide bonds. The van der Waals surface area contributed by atoms with Crippen LogP contribution in [0.4, 0.5) is 4.39 Å². The molecule has 1 saturated heterocycles. The van der Waals surface area contributed by atoms with Gasteiger partial charge in [0, 0.05) is 19.2 Å². The summed E-state index contributed by atoms with van der Waals surface area (Å²) in [6, 6.07) is 2.97. The first-order valence-corrected chi connectivity index (χ1v) is 7.62. The van der Waals surface area contributed by atoms with Crippen molar-refractivity contribution in [1.82, 2.24) is 9.55 Å². The van der Waals surface area contributed by atoms with Crippen molar-refractivity contribution in [3.05, 3.63) is 28.8 Å². The molecule has 1 aromatic carbocycles. The number of fused-ring (bicyclic) bond motifs is 1. The molecule has 2 aromatic rings. The highest BCUT2D eigenvalue weighted by Gasteiger charge is 2.18. The Balaban J connectivity index is 1.92. The molecular weight excluding hydrogens is 302 g/mol. The van der Waals surface area contributed by atoms with Crippen LogP contribution >= 0.6 is 23.2 Å². The van der Waals surface area contributed by atoms with E-state index in [9.17, 15) is 4.39 Å². The van der Waals surface area contributed by atoms with Crippen molar-refractivity contribution in [3.8, 4) is 0 Å². The van der Waals surface area contributed by atoms with Gasteiger partial charge in [-0.05, 0) is 25.3 Å². The van der Waals surface area contributed by atoms with Gasteiger partial charge in [0.2, 0.25) is 0 Å². The van der Waals surface area contributed by atoms with Crippen LogP contribution < -0.4 is 0 Å². The molecule has 0 saturated carbocycles. The molecule has 108 valence electrons. The second kappa shape index (κ2) is 5.88. The molecule has 0 N–H and O–H groups in total. The summed E-state index contributed by atoms with van der Waals surface area (Å²) in [4.78, 5) is 4.37. The second-order valence-corrected chi connectivity index (χ2v) is 5.67. The van der Waals surface area contributed by atoms with Crippen LogP contribution in [0.2, 0.25) is 5.02 Å². The van der Waals surface area contributed by atoms with Crippen LogP contribution in [-0.2, 0) is 17.2 Å². The lowest BCUT2D eigenvalue weighted by molar-refractivity contribution is 0.100. The highest BCUT2D eigenvalue weighted by molar-refractivity contribution is 6.31. The molecule has 3 nitrogen and oxygen atoms in total. The van der Waals surface area contributed by atoms with E-state index in [1.807, 2.05) is 4.57 Å². The molecule has 3 rings (SSSR count). The van der Waals surface area contributed by atoms with Crippen LogP contribution in [0.5, 0.6) is 0 Å². The molecule has 0 radical (unpaired) electrons. The average molecular weight is 317 g/mol. The Hall–Kier alpha value is -0.840. The van der Waals surface area contributed by atoms with Gasteiger partial charge in [0.05, 0.1) is 28.0 Å². The van der Waals surface area contributed by atoms with Crippen LogP contribution in [0.15, 0.2) is 12.1 Å². The standard InChI is InChI=1S/C14H15Cl2FN2O/c15-8-14-18-12-7-11(17)10(16)6-13(12)19(14)4-3-9-2-1-5-20-9/h6-7,9H,1-5,8H2. The van der Waals surface area contributed by atoms with E-state index in [4.69, 9.17) is 27.9 Å². The van der Waals surface area contributed by atoms with Crippen molar-refractivity contribution in [2.24, 2.45) is 0 Å². The maximum Gasteiger partial charge on any atom is 0.144 e. The molecule has 1 fully saturated rings. The van der Waals surface area contributed by atoms with E-state index in [0.717, 1.165) is 43.8 Å². The number of rotatable bonds is 4. The lowest BCUT2D eigenvalue weighted by atomic mass is 10.2. The van der Waals surface area contributed by atoms with Gasteiger partial charge in [-0.3, -0.25) is 0 Å². The van der Waals surface area contributed by atoms with E-state index < -0.39 is 5.82 Å². The van der Waals surface area contributed by atoms with Crippen molar-refractivity contribution < 1.29 is 9.13 Å². The third kappa shape index (κ3) is 2.65. The number of hydrogen-bond acceptors (Lipinski definition) is 2. The quantitative estimate of drug-likeness (QED) is 0.793. The summed E-state index contributed by atoms with van der Waals surface area (Å²) >= 11 is 11.8. The van der Waals surface area contributed by atoms with Crippen LogP contribution in [0.25, 0.3) is 11.0 Å². The maximum atomic E-state index is 13.5. The third-order valence-electron chi connectivity index (χ3n) is 3.69. The zero-order valence-electron chi connectivity index (χ0n) is 10.9. The molecule has 0 bridgehead atoms. The SMILES string of the molecule is Fc1cc2nc(CCl)n(CCC3CCCO3)c2cc1Cl. The Morgan fingerprint density at radius 1 is 1.45 bits per heavy atom. The molecule has 1 unspecified atom stereocenters. The molecule has 0 spiro atoms. The highest BCUT2D eigenvalue weighted by atomic mass is 35.5. The van der Waals surface area contributed by atoms with Crippen molar-refractivity contribution in [2.45, 2.75) is 37.8 Å². The van der Waals surface area contributed by atoms with Crippen molar-refractivity contribution in [3.63, 3.8) is 0 Å². The van der Waals surface area contributed by atoms with Crippen molar-refractivity contribution >= 4 is 34.2 Å². The number of hydrogen-bond donors (Lipinski definition) is 0. The van der Waals surface area contributed by atoms with E-state index >= 15 is 0 Å². The van der Waals surface area contributed by atoms with Crippen LogP contribution in [0.3, 0.4) is 0 Å². The van der Waals surface area contributed by atoms with E-state index in [0.29, 0.717) is 17.5 Å². The summed E-state index contributed by atoms with van der Waals surface area (Å²) in [5.74, 6) is 0.574. The van der Waals surface area contributed by atoms with E-state index in [-0.39, 0.29) is 5.02 Å². The van der Waals surface area contributed by atoms with E-state index in [1.165, 1.54) is 6.07 Å². The van der Waals surface area contributed by atoms with Gasteiger partial charge in [-0.25, -0.2) is 9.37 Å². The summed E-state index contributed by atoms with van der Waals surface area (Å²) < 4.78 is 21.1. The lowest BCUT2D eigenvalue weighted by Gasteiger charge is -2.12. The Morgan fingerprint density at radius 3 is 3.00 bits per heavy atom. The van der Waals surface area contributed by atoms with Crippen molar-refractivity contribution in [2.75, 3.05) is 6.61 Å². The summed E-state index contributed by atoms with van der Waals surface area (Å²) in [5, 5.41) is 0.108. The first-order chi connectivity index (χ1) is 9.69. The first kappa shape index (κ1) is 14.1.